The fourth-order valence-corrected chi connectivity index (χ4v) is 1.96. The SMILES string of the molecule is COCCN(CCO)c1ccccc1CNC(C)C. The Hall–Kier alpha value is -1.10. The molecule has 0 atom stereocenters. The van der Waals surface area contributed by atoms with Gasteiger partial charge in [0.25, 0.3) is 0 Å². The number of ether oxygens (including phenoxy) is 1. The fourth-order valence-electron chi connectivity index (χ4n) is 1.96. The number of aliphatic hydroxyl groups is 1. The second-order valence-corrected chi connectivity index (χ2v) is 4.87. The number of nitrogens with one attached hydrogen (secondary N) is 1. The van der Waals surface area contributed by atoms with E-state index >= 15 is 0 Å². The number of aliphatic hydroxyl groups excluding tert-OH is 1. The van der Waals surface area contributed by atoms with E-state index in [0.29, 0.717) is 19.2 Å². The number of benzene rings is 1. The average Bonchev–Trinajstić information content (AvgIpc) is 2.41. The summed E-state index contributed by atoms with van der Waals surface area (Å²) in [5.74, 6) is 0. The van der Waals surface area contributed by atoms with E-state index in [1.165, 1.54) is 11.3 Å². The van der Waals surface area contributed by atoms with E-state index in [1.54, 1.807) is 7.11 Å². The zero-order chi connectivity index (χ0) is 14.1. The minimum atomic E-state index is 0.148. The van der Waals surface area contributed by atoms with Crippen LogP contribution < -0.4 is 10.2 Å². The summed E-state index contributed by atoms with van der Waals surface area (Å²) in [4.78, 5) is 2.17. The summed E-state index contributed by atoms with van der Waals surface area (Å²) >= 11 is 0. The Morgan fingerprint density at radius 2 is 2.00 bits per heavy atom. The van der Waals surface area contributed by atoms with Gasteiger partial charge in [0.05, 0.1) is 13.2 Å². The lowest BCUT2D eigenvalue weighted by molar-refractivity contribution is 0.203. The third-order valence-electron chi connectivity index (χ3n) is 2.97. The van der Waals surface area contributed by atoms with Crippen LogP contribution in [0.3, 0.4) is 0 Å². The third kappa shape index (κ3) is 5.59. The molecule has 0 aromatic heterocycles. The zero-order valence-electron chi connectivity index (χ0n) is 12.2. The molecule has 0 unspecified atom stereocenters. The van der Waals surface area contributed by atoms with E-state index in [-0.39, 0.29) is 6.61 Å². The van der Waals surface area contributed by atoms with Crippen LogP contribution in [0.15, 0.2) is 24.3 Å². The highest BCUT2D eigenvalue weighted by atomic mass is 16.5. The van der Waals surface area contributed by atoms with Crippen LogP contribution in [0.1, 0.15) is 19.4 Å². The smallest absolute Gasteiger partial charge is 0.0637 e. The molecular weight excluding hydrogens is 240 g/mol. The largest absolute Gasteiger partial charge is 0.395 e. The van der Waals surface area contributed by atoms with Crippen LogP contribution in [-0.4, -0.2) is 44.6 Å². The van der Waals surface area contributed by atoms with Crippen LogP contribution in [0.25, 0.3) is 0 Å². The molecule has 2 N–H and O–H groups in total. The zero-order valence-corrected chi connectivity index (χ0v) is 12.2. The van der Waals surface area contributed by atoms with Gasteiger partial charge in [-0.2, -0.15) is 0 Å². The van der Waals surface area contributed by atoms with E-state index in [0.717, 1.165) is 13.1 Å². The summed E-state index contributed by atoms with van der Waals surface area (Å²) in [5, 5.41) is 12.6. The average molecular weight is 266 g/mol. The molecule has 0 aliphatic carbocycles. The second-order valence-electron chi connectivity index (χ2n) is 4.87. The molecule has 0 fully saturated rings. The number of nitrogens with zero attached hydrogens (tertiary/aromatic N) is 1. The Balaban J connectivity index is 2.81. The van der Waals surface area contributed by atoms with Crippen LogP contribution in [0.2, 0.25) is 0 Å². The van der Waals surface area contributed by atoms with Crippen molar-refractivity contribution in [2.24, 2.45) is 0 Å². The lowest BCUT2D eigenvalue weighted by atomic mass is 10.1. The van der Waals surface area contributed by atoms with E-state index in [4.69, 9.17) is 4.74 Å². The van der Waals surface area contributed by atoms with Crippen LogP contribution in [-0.2, 0) is 11.3 Å². The summed E-state index contributed by atoms with van der Waals surface area (Å²) < 4.78 is 5.14. The predicted molar refractivity (Wildman–Crippen MR) is 79.6 cm³/mol. The minimum absolute atomic E-state index is 0.148. The van der Waals surface area contributed by atoms with Crippen LogP contribution in [0, 0.1) is 0 Å². The molecule has 19 heavy (non-hydrogen) atoms. The van der Waals surface area contributed by atoms with E-state index in [9.17, 15) is 5.11 Å². The second kappa shape index (κ2) is 8.91. The summed E-state index contributed by atoms with van der Waals surface area (Å²) in [6.45, 7) is 7.33. The van der Waals surface area contributed by atoms with Gasteiger partial charge in [0, 0.05) is 38.5 Å². The number of anilines is 1. The molecule has 0 aliphatic rings. The van der Waals surface area contributed by atoms with Gasteiger partial charge in [0.2, 0.25) is 0 Å². The quantitative estimate of drug-likeness (QED) is 0.713. The molecule has 0 heterocycles. The number of rotatable bonds is 9. The topological polar surface area (TPSA) is 44.7 Å². The summed E-state index contributed by atoms with van der Waals surface area (Å²) in [5.41, 5.74) is 2.42. The van der Waals surface area contributed by atoms with E-state index in [1.807, 2.05) is 12.1 Å². The normalized spacial score (nSPS) is 11.0. The van der Waals surface area contributed by atoms with Crippen molar-refractivity contribution in [3.05, 3.63) is 29.8 Å². The number of methoxy groups -OCH3 is 1. The number of para-hydroxylation sites is 1. The van der Waals surface area contributed by atoms with Gasteiger partial charge >= 0.3 is 0 Å². The maximum atomic E-state index is 9.21. The van der Waals surface area contributed by atoms with Crippen molar-refractivity contribution in [3.63, 3.8) is 0 Å². The maximum Gasteiger partial charge on any atom is 0.0637 e. The Kier molecular flexibility index (Phi) is 7.48. The molecule has 4 heteroatoms. The van der Waals surface area contributed by atoms with Gasteiger partial charge in [-0.3, -0.25) is 0 Å². The van der Waals surface area contributed by atoms with Crippen molar-refractivity contribution in [1.29, 1.82) is 0 Å². The summed E-state index contributed by atoms with van der Waals surface area (Å²) in [6.07, 6.45) is 0. The van der Waals surface area contributed by atoms with Gasteiger partial charge in [-0.05, 0) is 11.6 Å². The molecule has 0 radical (unpaired) electrons. The monoisotopic (exact) mass is 266 g/mol. The summed E-state index contributed by atoms with van der Waals surface area (Å²) in [6, 6.07) is 8.77. The van der Waals surface area contributed by atoms with Crippen molar-refractivity contribution in [2.45, 2.75) is 26.4 Å². The van der Waals surface area contributed by atoms with Gasteiger partial charge in [-0.1, -0.05) is 32.0 Å². The summed E-state index contributed by atoms with van der Waals surface area (Å²) in [7, 11) is 1.70. The Morgan fingerprint density at radius 1 is 1.26 bits per heavy atom. The Bertz CT molecular complexity index is 356. The van der Waals surface area contributed by atoms with Crippen LogP contribution >= 0.6 is 0 Å². The molecular formula is C15H26N2O2. The molecule has 108 valence electrons. The van der Waals surface area contributed by atoms with Crippen molar-refractivity contribution in [3.8, 4) is 0 Å². The molecule has 0 saturated carbocycles. The molecule has 0 spiro atoms. The Morgan fingerprint density at radius 3 is 2.63 bits per heavy atom. The maximum absolute atomic E-state index is 9.21. The van der Waals surface area contributed by atoms with Gasteiger partial charge in [-0.15, -0.1) is 0 Å². The van der Waals surface area contributed by atoms with Gasteiger partial charge in [0.1, 0.15) is 0 Å². The molecule has 4 nitrogen and oxygen atoms in total. The molecule has 0 saturated heterocycles. The van der Waals surface area contributed by atoms with Crippen LogP contribution in [0.4, 0.5) is 5.69 Å². The van der Waals surface area contributed by atoms with Gasteiger partial charge < -0.3 is 20.1 Å². The van der Waals surface area contributed by atoms with Gasteiger partial charge in [0.15, 0.2) is 0 Å². The third-order valence-corrected chi connectivity index (χ3v) is 2.97. The van der Waals surface area contributed by atoms with Crippen molar-refractivity contribution >= 4 is 5.69 Å². The molecule has 0 bridgehead atoms. The molecule has 1 aromatic rings. The first-order chi connectivity index (χ1) is 9.19. The first kappa shape index (κ1) is 16.0. The molecule has 1 aromatic carbocycles. The predicted octanol–water partition coefficient (Wildman–Crippen LogP) is 1.63. The lowest BCUT2D eigenvalue weighted by Crippen LogP contribution is -2.32. The first-order valence-electron chi connectivity index (χ1n) is 6.85. The minimum Gasteiger partial charge on any atom is -0.395 e. The highest BCUT2D eigenvalue weighted by Gasteiger charge is 2.10. The van der Waals surface area contributed by atoms with Crippen LogP contribution in [0.5, 0.6) is 0 Å². The Labute approximate surface area is 116 Å². The fraction of sp³-hybridized carbons (Fsp3) is 0.600. The van der Waals surface area contributed by atoms with Crippen molar-refractivity contribution in [1.82, 2.24) is 5.32 Å². The van der Waals surface area contributed by atoms with E-state index < -0.39 is 0 Å². The molecule has 1 rings (SSSR count). The molecule has 0 aliphatic heterocycles. The first-order valence-corrected chi connectivity index (χ1v) is 6.85. The standard InChI is InChI=1S/C15H26N2O2/c1-13(2)16-12-14-6-4-5-7-15(14)17(8-10-18)9-11-19-3/h4-7,13,16,18H,8-12H2,1-3H3. The number of hydrogen-bond acceptors (Lipinski definition) is 4. The van der Waals surface area contributed by atoms with Gasteiger partial charge in [-0.25, -0.2) is 0 Å². The van der Waals surface area contributed by atoms with Crippen molar-refractivity contribution in [2.75, 3.05) is 38.3 Å². The molecule has 0 amide bonds. The van der Waals surface area contributed by atoms with Crippen molar-refractivity contribution < 1.29 is 9.84 Å². The van der Waals surface area contributed by atoms with E-state index in [2.05, 4.69) is 36.2 Å². The number of hydrogen-bond donors (Lipinski definition) is 2. The highest BCUT2D eigenvalue weighted by Crippen LogP contribution is 2.20. The highest BCUT2D eigenvalue weighted by molar-refractivity contribution is 5.53. The lowest BCUT2D eigenvalue weighted by Gasteiger charge is -2.26.